The molecular formula is C24H24F2N2O3. The molecule has 0 aliphatic carbocycles. The minimum Gasteiger partial charge on any atom is -0.342 e. The quantitative estimate of drug-likeness (QED) is 0.730. The molecule has 2 amide bonds. The maximum atomic E-state index is 13.7. The Hall–Kier alpha value is -2.80. The van der Waals surface area contributed by atoms with E-state index < -0.39 is 23.3 Å². The lowest BCUT2D eigenvalue weighted by Crippen LogP contribution is -2.51. The van der Waals surface area contributed by atoms with Crippen LogP contribution in [0.1, 0.15) is 53.2 Å². The van der Waals surface area contributed by atoms with Gasteiger partial charge in [-0.1, -0.05) is 18.2 Å². The maximum Gasteiger partial charge on any atom is 0.257 e. The van der Waals surface area contributed by atoms with E-state index in [4.69, 9.17) is 4.74 Å². The van der Waals surface area contributed by atoms with Crippen LogP contribution >= 0.6 is 0 Å². The Labute approximate surface area is 179 Å². The Kier molecular flexibility index (Phi) is 4.81. The molecule has 3 heterocycles. The van der Waals surface area contributed by atoms with E-state index in [1.54, 1.807) is 9.80 Å². The summed E-state index contributed by atoms with van der Waals surface area (Å²) in [5.41, 5.74) is 1.09. The summed E-state index contributed by atoms with van der Waals surface area (Å²) in [6.07, 6.45) is 1.68. The van der Waals surface area contributed by atoms with Gasteiger partial charge in [0.15, 0.2) is 5.60 Å². The van der Waals surface area contributed by atoms with E-state index in [0.717, 1.165) is 11.6 Å². The zero-order valence-electron chi connectivity index (χ0n) is 17.3. The van der Waals surface area contributed by atoms with Crippen LogP contribution < -0.4 is 0 Å². The van der Waals surface area contributed by atoms with E-state index in [-0.39, 0.29) is 18.0 Å². The van der Waals surface area contributed by atoms with Crippen molar-refractivity contribution in [1.29, 1.82) is 0 Å². The summed E-state index contributed by atoms with van der Waals surface area (Å²) in [7, 11) is 0. The first-order valence-corrected chi connectivity index (χ1v) is 10.7. The molecule has 5 nitrogen and oxygen atoms in total. The van der Waals surface area contributed by atoms with E-state index in [9.17, 15) is 18.4 Å². The molecule has 3 fully saturated rings. The van der Waals surface area contributed by atoms with E-state index in [1.807, 2.05) is 31.2 Å². The number of amides is 2. The van der Waals surface area contributed by atoms with Crippen LogP contribution in [-0.4, -0.2) is 46.5 Å². The van der Waals surface area contributed by atoms with E-state index in [0.29, 0.717) is 49.9 Å². The average molecular weight is 426 g/mol. The summed E-state index contributed by atoms with van der Waals surface area (Å²) in [6, 6.07) is 10.5. The Bertz CT molecular complexity index is 1030. The first kappa shape index (κ1) is 20.1. The van der Waals surface area contributed by atoms with Crippen molar-refractivity contribution in [3.63, 3.8) is 0 Å². The van der Waals surface area contributed by atoms with Gasteiger partial charge in [-0.2, -0.15) is 0 Å². The number of hydrogen-bond donors (Lipinski definition) is 0. The Morgan fingerprint density at radius 2 is 1.74 bits per heavy atom. The molecule has 2 atom stereocenters. The first-order chi connectivity index (χ1) is 14.9. The van der Waals surface area contributed by atoms with Gasteiger partial charge in [0.25, 0.3) is 11.8 Å². The highest BCUT2D eigenvalue weighted by atomic mass is 19.1. The fourth-order valence-corrected chi connectivity index (χ4v) is 5.19. The second kappa shape index (κ2) is 7.41. The highest BCUT2D eigenvalue weighted by molar-refractivity contribution is 5.96. The number of aryl methyl sites for hydroxylation is 1. The summed E-state index contributed by atoms with van der Waals surface area (Å²) in [5.74, 6) is -1.47. The molecule has 7 heteroatoms. The molecule has 2 aromatic rings. The SMILES string of the molecule is Cc1ccccc1C(=O)N1CCC2(CC1)OC1CCC(c3cc(F)cc(F)c3)N1C2=O. The van der Waals surface area contributed by atoms with Gasteiger partial charge < -0.3 is 14.5 Å². The lowest BCUT2D eigenvalue weighted by Gasteiger charge is -2.37. The molecular weight excluding hydrogens is 402 g/mol. The van der Waals surface area contributed by atoms with E-state index in [1.165, 1.54) is 12.1 Å². The molecule has 2 aromatic carbocycles. The smallest absolute Gasteiger partial charge is 0.257 e. The van der Waals surface area contributed by atoms with Crippen molar-refractivity contribution in [1.82, 2.24) is 9.80 Å². The molecule has 31 heavy (non-hydrogen) atoms. The number of carbonyl (C=O) groups is 2. The highest BCUT2D eigenvalue weighted by Gasteiger charge is 2.58. The third-order valence-electron chi connectivity index (χ3n) is 6.82. The second-order valence-electron chi connectivity index (χ2n) is 8.68. The molecule has 0 radical (unpaired) electrons. The number of likely N-dealkylation sites (tertiary alicyclic amines) is 1. The van der Waals surface area contributed by atoms with Gasteiger partial charge in [0.05, 0.1) is 6.04 Å². The van der Waals surface area contributed by atoms with Crippen LogP contribution in [0.25, 0.3) is 0 Å². The van der Waals surface area contributed by atoms with Crippen LogP contribution in [0.3, 0.4) is 0 Å². The molecule has 5 rings (SSSR count). The largest absolute Gasteiger partial charge is 0.342 e. The van der Waals surface area contributed by atoms with Crippen molar-refractivity contribution in [2.24, 2.45) is 0 Å². The standard InChI is InChI=1S/C24H24F2N2O3/c1-15-4-2-3-5-19(15)22(29)27-10-8-24(9-11-27)23(30)28-20(6-7-21(28)31-24)16-12-17(25)14-18(26)13-16/h2-5,12-14,20-21H,6-11H2,1H3. The van der Waals surface area contributed by atoms with Gasteiger partial charge in [-0.15, -0.1) is 0 Å². The first-order valence-electron chi connectivity index (χ1n) is 10.7. The van der Waals surface area contributed by atoms with Gasteiger partial charge in [0, 0.05) is 37.6 Å². The summed E-state index contributed by atoms with van der Waals surface area (Å²) in [6.45, 7) is 2.77. The number of carbonyl (C=O) groups excluding carboxylic acids is 2. The molecule has 2 unspecified atom stereocenters. The fraction of sp³-hybridized carbons (Fsp3) is 0.417. The van der Waals surface area contributed by atoms with Gasteiger partial charge >= 0.3 is 0 Å². The van der Waals surface area contributed by atoms with Gasteiger partial charge in [0.1, 0.15) is 17.9 Å². The Morgan fingerprint density at radius 3 is 2.42 bits per heavy atom. The molecule has 0 bridgehead atoms. The number of ether oxygens (including phenoxy) is 1. The number of rotatable bonds is 2. The Morgan fingerprint density at radius 1 is 1.06 bits per heavy atom. The van der Waals surface area contributed by atoms with Crippen LogP contribution in [0.2, 0.25) is 0 Å². The highest BCUT2D eigenvalue weighted by Crippen LogP contribution is 2.47. The van der Waals surface area contributed by atoms with Gasteiger partial charge in [-0.3, -0.25) is 9.59 Å². The van der Waals surface area contributed by atoms with Gasteiger partial charge in [-0.25, -0.2) is 8.78 Å². The number of nitrogens with zero attached hydrogens (tertiary/aromatic N) is 2. The summed E-state index contributed by atoms with van der Waals surface area (Å²) in [4.78, 5) is 29.8. The molecule has 1 spiro atoms. The van der Waals surface area contributed by atoms with Crippen molar-refractivity contribution in [3.8, 4) is 0 Å². The van der Waals surface area contributed by atoms with Gasteiger partial charge in [0.2, 0.25) is 0 Å². The molecule has 0 aromatic heterocycles. The van der Waals surface area contributed by atoms with Gasteiger partial charge in [-0.05, 0) is 49.1 Å². The fourth-order valence-electron chi connectivity index (χ4n) is 5.19. The summed E-state index contributed by atoms with van der Waals surface area (Å²) >= 11 is 0. The van der Waals surface area contributed by atoms with E-state index >= 15 is 0 Å². The van der Waals surface area contributed by atoms with Crippen LogP contribution in [0.15, 0.2) is 42.5 Å². The number of benzene rings is 2. The molecule has 3 saturated heterocycles. The third-order valence-corrected chi connectivity index (χ3v) is 6.82. The molecule has 162 valence electrons. The minimum absolute atomic E-state index is 0.0352. The number of hydrogen-bond acceptors (Lipinski definition) is 3. The zero-order valence-corrected chi connectivity index (χ0v) is 17.3. The normalized spacial score (nSPS) is 24.7. The predicted octanol–water partition coefficient (Wildman–Crippen LogP) is 3.97. The lowest BCUT2D eigenvalue weighted by molar-refractivity contribution is -0.142. The van der Waals surface area contributed by atoms with Crippen LogP contribution in [0.4, 0.5) is 8.78 Å². The minimum atomic E-state index is -0.961. The lowest BCUT2D eigenvalue weighted by atomic mass is 9.89. The predicted molar refractivity (Wildman–Crippen MR) is 109 cm³/mol. The van der Waals surface area contributed by atoms with Crippen LogP contribution in [0.5, 0.6) is 0 Å². The average Bonchev–Trinajstić information content (AvgIpc) is 3.26. The maximum absolute atomic E-state index is 13.7. The molecule has 3 aliphatic heterocycles. The monoisotopic (exact) mass is 426 g/mol. The molecule has 0 N–H and O–H groups in total. The zero-order chi connectivity index (χ0) is 21.8. The summed E-state index contributed by atoms with van der Waals surface area (Å²) in [5, 5.41) is 0. The Balaban J connectivity index is 1.32. The number of halogens is 2. The van der Waals surface area contributed by atoms with Crippen molar-refractivity contribution in [3.05, 3.63) is 70.8 Å². The van der Waals surface area contributed by atoms with Crippen molar-refractivity contribution in [2.75, 3.05) is 13.1 Å². The molecule has 3 aliphatic rings. The third kappa shape index (κ3) is 3.31. The van der Waals surface area contributed by atoms with Crippen molar-refractivity contribution >= 4 is 11.8 Å². The number of piperidine rings is 1. The van der Waals surface area contributed by atoms with Crippen LogP contribution in [0, 0.1) is 18.6 Å². The van der Waals surface area contributed by atoms with Crippen molar-refractivity contribution in [2.45, 2.75) is 50.5 Å². The van der Waals surface area contributed by atoms with E-state index in [2.05, 4.69) is 0 Å². The number of fused-ring (bicyclic) bond motifs is 1. The topological polar surface area (TPSA) is 49.9 Å². The second-order valence-corrected chi connectivity index (χ2v) is 8.68. The molecule has 0 saturated carbocycles. The summed E-state index contributed by atoms with van der Waals surface area (Å²) < 4.78 is 33.7. The van der Waals surface area contributed by atoms with Crippen LogP contribution in [-0.2, 0) is 9.53 Å². The van der Waals surface area contributed by atoms with Crippen molar-refractivity contribution < 1.29 is 23.1 Å².